The second kappa shape index (κ2) is 5.74. The summed E-state index contributed by atoms with van der Waals surface area (Å²) in [6.07, 6.45) is 0. The first-order valence-electron chi connectivity index (χ1n) is 5.82. The monoisotopic (exact) mass is 295 g/mol. The van der Waals surface area contributed by atoms with Gasteiger partial charge in [-0.1, -0.05) is 54.1 Å². The molecule has 0 unspecified atom stereocenters. The number of hydrogen-bond acceptors (Lipinski definition) is 2. The van der Waals surface area contributed by atoms with Crippen LogP contribution < -0.4 is 4.72 Å². The number of nitrogens with one attached hydrogen (secondary N) is 1. The molecular weight excluding hydrogens is 282 g/mol. The molecule has 2 rings (SSSR count). The van der Waals surface area contributed by atoms with E-state index in [0.29, 0.717) is 0 Å². The topological polar surface area (TPSA) is 46.2 Å². The van der Waals surface area contributed by atoms with Crippen molar-refractivity contribution in [1.29, 1.82) is 0 Å². The van der Waals surface area contributed by atoms with E-state index >= 15 is 0 Å². The van der Waals surface area contributed by atoms with Crippen LogP contribution in [0.1, 0.15) is 18.5 Å². The molecule has 0 spiro atoms. The molecule has 0 aliphatic rings. The van der Waals surface area contributed by atoms with Crippen molar-refractivity contribution in [2.75, 3.05) is 0 Å². The van der Waals surface area contributed by atoms with Crippen LogP contribution in [0.15, 0.2) is 59.5 Å². The van der Waals surface area contributed by atoms with Crippen molar-refractivity contribution in [3.63, 3.8) is 0 Å². The maximum Gasteiger partial charge on any atom is 0.242 e. The molecule has 0 radical (unpaired) electrons. The molecular formula is C14H14ClNO2S. The normalized spacial score (nSPS) is 13.2. The predicted molar refractivity (Wildman–Crippen MR) is 76.6 cm³/mol. The van der Waals surface area contributed by atoms with Gasteiger partial charge >= 0.3 is 0 Å². The van der Waals surface area contributed by atoms with Gasteiger partial charge in [-0.2, -0.15) is 0 Å². The van der Waals surface area contributed by atoms with Gasteiger partial charge in [-0.3, -0.25) is 0 Å². The molecule has 0 fully saturated rings. The molecule has 100 valence electrons. The second-order valence-corrected chi connectivity index (χ2v) is 6.27. The summed E-state index contributed by atoms with van der Waals surface area (Å²) in [5, 5.41) is 0.218. The van der Waals surface area contributed by atoms with Crippen LogP contribution in [-0.4, -0.2) is 8.42 Å². The Bertz CT molecular complexity index is 656. The van der Waals surface area contributed by atoms with E-state index < -0.39 is 10.0 Å². The molecule has 3 nitrogen and oxygen atoms in total. The number of sulfonamides is 1. The minimum Gasteiger partial charge on any atom is -0.207 e. The SMILES string of the molecule is C[C@H](NS(=O)(=O)c1ccccc1Cl)c1ccccc1. The first-order chi connectivity index (χ1) is 9.00. The predicted octanol–water partition coefficient (Wildman–Crippen LogP) is 3.38. The molecule has 0 aromatic heterocycles. The van der Waals surface area contributed by atoms with Gasteiger partial charge in [0.25, 0.3) is 0 Å². The van der Waals surface area contributed by atoms with E-state index in [4.69, 9.17) is 11.6 Å². The molecule has 0 heterocycles. The molecule has 2 aromatic carbocycles. The van der Waals surface area contributed by atoms with Gasteiger partial charge in [-0.25, -0.2) is 13.1 Å². The molecule has 1 atom stereocenters. The van der Waals surface area contributed by atoms with Gasteiger partial charge in [0.2, 0.25) is 10.0 Å². The molecule has 0 saturated carbocycles. The highest BCUT2D eigenvalue weighted by Gasteiger charge is 2.20. The summed E-state index contributed by atoms with van der Waals surface area (Å²) in [6.45, 7) is 1.80. The Morgan fingerprint density at radius 3 is 2.21 bits per heavy atom. The van der Waals surface area contributed by atoms with E-state index in [9.17, 15) is 8.42 Å². The molecule has 0 bridgehead atoms. The third-order valence-corrected chi connectivity index (χ3v) is 4.80. The first kappa shape index (κ1) is 14.1. The fourth-order valence-corrected chi connectivity index (χ4v) is 3.52. The van der Waals surface area contributed by atoms with Gasteiger partial charge in [-0.15, -0.1) is 0 Å². The van der Waals surface area contributed by atoms with Crippen molar-refractivity contribution in [3.05, 3.63) is 65.2 Å². The average molecular weight is 296 g/mol. The fraction of sp³-hybridized carbons (Fsp3) is 0.143. The van der Waals surface area contributed by atoms with Crippen molar-refractivity contribution >= 4 is 21.6 Å². The Morgan fingerprint density at radius 2 is 1.58 bits per heavy atom. The molecule has 1 N–H and O–H groups in total. The standard InChI is InChI=1S/C14H14ClNO2S/c1-11(12-7-3-2-4-8-12)16-19(17,18)14-10-6-5-9-13(14)15/h2-11,16H,1H3/t11-/m0/s1. The third kappa shape index (κ3) is 3.35. The third-order valence-electron chi connectivity index (χ3n) is 2.76. The van der Waals surface area contributed by atoms with Crippen LogP contribution in [0.4, 0.5) is 0 Å². The fourth-order valence-electron chi connectivity index (χ4n) is 1.77. The minimum absolute atomic E-state index is 0.0967. The Morgan fingerprint density at radius 1 is 1.00 bits per heavy atom. The lowest BCUT2D eigenvalue weighted by Crippen LogP contribution is -2.27. The number of rotatable bonds is 4. The van der Waals surface area contributed by atoms with Crippen molar-refractivity contribution in [1.82, 2.24) is 4.72 Å². The van der Waals surface area contributed by atoms with Crippen molar-refractivity contribution in [2.24, 2.45) is 0 Å². The van der Waals surface area contributed by atoms with E-state index in [-0.39, 0.29) is 16.0 Å². The molecule has 0 aliphatic carbocycles. The molecule has 19 heavy (non-hydrogen) atoms. The Kier molecular flexibility index (Phi) is 4.24. The summed E-state index contributed by atoms with van der Waals surface area (Å²) >= 11 is 5.92. The van der Waals surface area contributed by atoms with Crippen LogP contribution in [0.2, 0.25) is 5.02 Å². The van der Waals surface area contributed by atoms with E-state index in [1.165, 1.54) is 6.07 Å². The second-order valence-electron chi connectivity index (χ2n) is 4.18. The summed E-state index contributed by atoms with van der Waals surface area (Å²) in [5.74, 6) is 0. The molecule has 0 aliphatic heterocycles. The highest BCUT2D eigenvalue weighted by molar-refractivity contribution is 7.89. The maximum atomic E-state index is 12.2. The van der Waals surface area contributed by atoms with Crippen LogP contribution in [0.25, 0.3) is 0 Å². The van der Waals surface area contributed by atoms with E-state index in [1.807, 2.05) is 30.3 Å². The molecule has 2 aromatic rings. The highest BCUT2D eigenvalue weighted by Crippen LogP contribution is 2.22. The van der Waals surface area contributed by atoms with Gasteiger partial charge in [0.15, 0.2) is 0 Å². The molecule has 5 heteroatoms. The number of hydrogen-bond donors (Lipinski definition) is 1. The smallest absolute Gasteiger partial charge is 0.207 e. The summed E-state index contributed by atoms with van der Waals surface area (Å²) in [7, 11) is -3.62. The Hall–Kier alpha value is -1.36. The van der Waals surface area contributed by atoms with Crippen molar-refractivity contribution in [3.8, 4) is 0 Å². The number of halogens is 1. The van der Waals surface area contributed by atoms with Crippen LogP contribution in [0.5, 0.6) is 0 Å². The van der Waals surface area contributed by atoms with Gasteiger partial charge < -0.3 is 0 Å². The van der Waals surface area contributed by atoms with E-state index in [2.05, 4.69) is 4.72 Å². The summed E-state index contributed by atoms with van der Waals surface area (Å²) in [6, 6.07) is 15.5. The average Bonchev–Trinajstić information content (AvgIpc) is 2.39. The quantitative estimate of drug-likeness (QED) is 0.940. The van der Waals surface area contributed by atoms with Gasteiger partial charge in [0.1, 0.15) is 4.90 Å². The zero-order valence-electron chi connectivity index (χ0n) is 10.4. The van der Waals surface area contributed by atoms with Gasteiger partial charge in [0, 0.05) is 6.04 Å². The van der Waals surface area contributed by atoms with Crippen LogP contribution in [-0.2, 0) is 10.0 Å². The van der Waals surface area contributed by atoms with Crippen LogP contribution in [0, 0.1) is 0 Å². The van der Waals surface area contributed by atoms with Crippen LogP contribution >= 0.6 is 11.6 Å². The Labute approximate surface area is 118 Å². The largest absolute Gasteiger partial charge is 0.242 e. The number of benzene rings is 2. The van der Waals surface area contributed by atoms with E-state index in [0.717, 1.165) is 5.56 Å². The summed E-state index contributed by atoms with van der Waals surface area (Å²) < 4.78 is 27.1. The van der Waals surface area contributed by atoms with Gasteiger partial charge in [-0.05, 0) is 24.6 Å². The summed E-state index contributed by atoms with van der Waals surface area (Å²) in [5.41, 5.74) is 0.901. The lowest BCUT2D eigenvalue weighted by atomic mass is 10.1. The Balaban J connectivity index is 2.26. The first-order valence-corrected chi connectivity index (χ1v) is 7.68. The lowest BCUT2D eigenvalue weighted by Gasteiger charge is -2.15. The zero-order valence-corrected chi connectivity index (χ0v) is 11.9. The van der Waals surface area contributed by atoms with Crippen molar-refractivity contribution < 1.29 is 8.42 Å². The van der Waals surface area contributed by atoms with Crippen LogP contribution in [0.3, 0.4) is 0 Å². The highest BCUT2D eigenvalue weighted by atomic mass is 35.5. The van der Waals surface area contributed by atoms with E-state index in [1.54, 1.807) is 25.1 Å². The molecule has 0 amide bonds. The van der Waals surface area contributed by atoms with Crippen molar-refractivity contribution in [2.45, 2.75) is 17.9 Å². The summed E-state index contributed by atoms with van der Waals surface area (Å²) in [4.78, 5) is 0.0967. The zero-order chi connectivity index (χ0) is 13.9. The lowest BCUT2D eigenvalue weighted by molar-refractivity contribution is 0.567. The minimum atomic E-state index is -3.62. The van der Waals surface area contributed by atoms with Gasteiger partial charge in [0.05, 0.1) is 5.02 Å². The maximum absolute atomic E-state index is 12.2. The molecule has 0 saturated heterocycles.